The smallest absolute Gasteiger partial charge is 0.410 e. The first kappa shape index (κ1) is 18.4. The van der Waals surface area contributed by atoms with E-state index in [0.717, 1.165) is 6.42 Å². The average Bonchev–Trinajstić information content (AvgIpc) is 3.13. The Morgan fingerprint density at radius 3 is 2.39 bits per heavy atom. The number of amides is 2. The highest BCUT2D eigenvalue weighted by Crippen LogP contribution is 2.35. The summed E-state index contributed by atoms with van der Waals surface area (Å²) in [7, 11) is 0. The van der Waals surface area contributed by atoms with Gasteiger partial charge in [0.2, 0.25) is 0 Å². The Bertz CT molecular complexity index is 897. The zero-order chi connectivity index (χ0) is 20.1. The number of piperazine rings is 1. The summed E-state index contributed by atoms with van der Waals surface area (Å²) in [6.07, 6.45) is 3.38. The second-order valence-electron chi connectivity index (χ2n) is 8.09. The molecule has 0 aliphatic carbocycles. The summed E-state index contributed by atoms with van der Waals surface area (Å²) >= 11 is 0. The van der Waals surface area contributed by atoms with Gasteiger partial charge in [0.15, 0.2) is 0 Å². The van der Waals surface area contributed by atoms with E-state index in [1.54, 1.807) is 15.9 Å². The largest absolute Gasteiger partial charge is 0.444 e. The van der Waals surface area contributed by atoms with Crippen LogP contribution < -0.4 is 0 Å². The topological polar surface area (TPSA) is 80.6 Å². The van der Waals surface area contributed by atoms with Crippen molar-refractivity contribution >= 4 is 12.0 Å². The second kappa shape index (κ2) is 6.57. The molecule has 3 saturated heterocycles. The van der Waals surface area contributed by atoms with Gasteiger partial charge in [-0.1, -0.05) is 6.07 Å². The van der Waals surface area contributed by atoms with E-state index in [9.17, 15) is 14.0 Å². The Labute approximate surface area is 161 Å². The average molecular weight is 387 g/mol. The summed E-state index contributed by atoms with van der Waals surface area (Å²) in [6, 6.07) is 4.14. The van der Waals surface area contributed by atoms with Crippen LogP contribution in [0.1, 0.15) is 37.6 Å². The molecule has 3 aliphatic heterocycles. The summed E-state index contributed by atoms with van der Waals surface area (Å²) in [5, 5.41) is 8.02. The van der Waals surface area contributed by atoms with Crippen molar-refractivity contribution < 1.29 is 18.7 Å². The summed E-state index contributed by atoms with van der Waals surface area (Å²) in [5.41, 5.74) is -0.350. The molecule has 5 rings (SSSR count). The third kappa shape index (κ3) is 3.21. The van der Waals surface area contributed by atoms with Gasteiger partial charge in [0, 0.05) is 13.1 Å². The first-order valence-electron chi connectivity index (χ1n) is 9.20. The third-order valence-corrected chi connectivity index (χ3v) is 4.92. The lowest BCUT2D eigenvalue weighted by atomic mass is 9.87. The first-order valence-corrected chi connectivity index (χ1v) is 9.20. The van der Waals surface area contributed by atoms with Crippen LogP contribution in [0.3, 0.4) is 0 Å². The quantitative estimate of drug-likeness (QED) is 0.790. The number of carbonyl (C=O) groups is 2. The van der Waals surface area contributed by atoms with Crippen molar-refractivity contribution in [3.05, 3.63) is 42.0 Å². The van der Waals surface area contributed by atoms with E-state index in [1.165, 1.54) is 29.3 Å². The number of aromatic nitrogens is 3. The van der Waals surface area contributed by atoms with Crippen LogP contribution in [0.4, 0.5) is 9.18 Å². The number of fused-ring (bicyclic) bond motifs is 2. The zero-order valence-corrected chi connectivity index (χ0v) is 16.0. The molecular weight excluding hydrogens is 365 g/mol. The molecule has 0 spiro atoms. The minimum Gasteiger partial charge on any atom is -0.444 e. The molecule has 0 radical (unpaired) electrons. The van der Waals surface area contributed by atoms with Crippen molar-refractivity contribution in [2.75, 3.05) is 13.1 Å². The van der Waals surface area contributed by atoms with E-state index in [4.69, 9.17) is 4.74 Å². The van der Waals surface area contributed by atoms with Gasteiger partial charge in [0.25, 0.3) is 5.91 Å². The van der Waals surface area contributed by atoms with E-state index in [1.807, 2.05) is 20.8 Å². The molecule has 1 aromatic carbocycles. The molecule has 4 heterocycles. The summed E-state index contributed by atoms with van der Waals surface area (Å²) in [6.45, 7) is 6.14. The van der Waals surface area contributed by atoms with E-state index < -0.39 is 17.3 Å². The number of halogens is 1. The predicted octanol–water partition coefficient (Wildman–Crippen LogP) is 2.24. The Hall–Kier alpha value is -2.97. The van der Waals surface area contributed by atoms with Gasteiger partial charge in [-0.15, -0.1) is 0 Å². The molecule has 148 valence electrons. The molecule has 0 N–H and O–H groups in total. The van der Waals surface area contributed by atoms with Crippen LogP contribution >= 0.6 is 0 Å². The lowest BCUT2D eigenvalue weighted by Crippen LogP contribution is -2.71. The summed E-state index contributed by atoms with van der Waals surface area (Å²) in [5.74, 6) is -1.05. The maximum Gasteiger partial charge on any atom is 0.410 e. The zero-order valence-electron chi connectivity index (χ0n) is 16.0. The number of carbonyl (C=O) groups excluding carboxylic acids is 2. The fourth-order valence-electron chi connectivity index (χ4n) is 3.78. The van der Waals surface area contributed by atoms with Gasteiger partial charge < -0.3 is 9.64 Å². The Balaban J connectivity index is 1.53. The molecule has 0 saturated carbocycles. The molecule has 1 aromatic heterocycles. The van der Waals surface area contributed by atoms with Crippen molar-refractivity contribution in [3.8, 4) is 5.69 Å². The van der Waals surface area contributed by atoms with Gasteiger partial charge in [-0.25, -0.2) is 9.18 Å². The number of ether oxygens (including phenoxy) is 1. The second-order valence-corrected chi connectivity index (χ2v) is 8.09. The van der Waals surface area contributed by atoms with Gasteiger partial charge in [-0.3, -0.25) is 9.69 Å². The Morgan fingerprint density at radius 2 is 1.79 bits per heavy atom. The van der Waals surface area contributed by atoms with Crippen molar-refractivity contribution in [2.45, 2.75) is 44.9 Å². The Morgan fingerprint density at radius 1 is 1.14 bits per heavy atom. The lowest BCUT2D eigenvalue weighted by molar-refractivity contribution is -0.0694. The summed E-state index contributed by atoms with van der Waals surface area (Å²) < 4.78 is 20.0. The highest BCUT2D eigenvalue weighted by Gasteiger charge is 2.50. The molecule has 2 aromatic rings. The van der Waals surface area contributed by atoms with Gasteiger partial charge in [0.1, 0.15) is 22.7 Å². The normalized spacial score (nSPS) is 21.3. The molecule has 28 heavy (non-hydrogen) atoms. The SMILES string of the molecule is CC(C)(C)OC(=O)N1C2CC1CN(C(=O)c1c(F)cccc1-n1nccn1)C2. The van der Waals surface area contributed by atoms with Crippen LogP contribution in [0.5, 0.6) is 0 Å². The van der Waals surface area contributed by atoms with Gasteiger partial charge in [-0.05, 0) is 39.3 Å². The molecular formula is C19H22FN5O3. The van der Waals surface area contributed by atoms with Crippen molar-refractivity contribution in [1.29, 1.82) is 0 Å². The van der Waals surface area contributed by atoms with Crippen LogP contribution in [0.2, 0.25) is 0 Å². The van der Waals surface area contributed by atoms with Crippen molar-refractivity contribution in [1.82, 2.24) is 24.8 Å². The minimum absolute atomic E-state index is 0.0659. The van der Waals surface area contributed by atoms with E-state index in [-0.39, 0.29) is 23.7 Å². The molecule has 8 nitrogen and oxygen atoms in total. The molecule has 2 amide bonds. The maximum atomic E-state index is 14.5. The highest BCUT2D eigenvalue weighted by molar-refractivity contribution is 5.98. The van der Waals surface area contributed by atoms with E-state index in [2.05, 4.69) is 10.2 Å². The minimum atomic E-state index is -0.622. The number of rotatable bonds is 2. The van der Waals surface area contributed by atoms with Crippen LogP contribution in [-0.2, 0) is 4.74 Å². The fourth-order valence-corrected chi connectivity index (χ4v) is 3.78. The number of piperidine rings is 1. The molecule has 2 unspecified atom stereocenters. The Kier molecular flexibility index (Phi) is 4.32. The van der Waals surface area contributed by atoms with Crippen molar-refractivity contribution in [3.63, 3.8) is 0 Å². The van der Waals surface area contributed by atoms with Crippen LogP contribution in [-0.4, -0.2) is 67.6 Å². The van der Waals surface area contributed by atoms with Crippen LogP contribution in [0.25, 0.3) is 5.69 Å². The van der Waals surface area contributed by atoms with Gasteiger partial charge in [-0.2, -0.15) is 15.0 Å². The highest BCUT2D eigenvalue weighted by atomic mass is 19.1. The molecule has 2 atom stereocenters. The van der Waals surface area contributed by atoms with Gasteiger partial charge >= 0.3 is 6.09 Å². The molecule has 3 aliphatic rings. The first-order chi connectivity index (χ1) is 13.2. The maximum absolute atomic E-state index is 14.5. The van der Waals surface area contributed by atoms with Gasteiger partial charge in [0.05, 0.1) is 24.5 Å². The predicted molar refractivity (Wildman–Crippen MR) is 97.5 cm³/mol. The molecule has 9 heteroatoms. The number of benzene rings is 1. The summed E-state index contributed by atoms with van der Waals surface area (Å²) in [4.78, 5) is 30.0. The van der Waals surface area contributed by atoms with Crippen molar-refractivity contribution in [2.24, 2.45) is 0 Å². The number of hydrogen-bond acceptors (Lipinski definition) is 5. The fraction of sp³-hybridized carbons (Fsp3) is 0.474. The van der Waals surface area contributed by atoms with E-state index >= 15 is 0 Å². The molecule has 3 fully saturated rings. The monoisotopic (exact) mass is 387 g/mol. The van der Waals surface area contributed by atoms with Crippen LogP contribution in [0.15, 0.2) is 30.6 Å². The third-order valence-electron chi connectivity index (χ3n) is 4.92. The lowest BCUT2D eigenvalue weighted by Gasteiger charge is -2.55. The van der Waals surface area contributed by atoms with E-state index in [0.29, 0.717) is 18.8 Å². The standard InChI is InChI=1S/C19H22FN5O3/c1-19(2,3)28-18(27)24-12-9-13(24)11-23(10-12)17(26)16-14(20)5-4-6-15(16)25-21-7-8-22-25/h4-8,12-13H,9-11H2,1-3H3. The van der Waals surface area contributed by atoms with Crippen LogP contribution in [0, 0.1) is 5.82 Å². The number of hydrogen-bond donors (Lipinski definition) is 0. The molecule has 2 bridgehead atoms. The number of nitrogens with zero attached hydrogens (tertiary/aromatic N) is 5.